The first-order valence-corrected chi connectivity index (χ1v) is 13.5. The van der Waals surface area contributed by atoms with Gasteiger partial charge < -0.3 is 9.80 Å². The largest absolute Gasteiger partial charge is 0.368 e. The van der Waals surface area contributed by atoms with Gasteiger partial charge in [0.05, 0.1) is 11.3 Å². The van der Waals surface area contributed by atoms with Gasteiger partial charge in [0.1, 0.15) is 11.3 Å². The van der Waals surface area contributed by atoms with Gasteiger partial charge in [0, 0.05) is 50.4 Å². The van der Waals surface area contributed by atoms with E-state index in [1.807, 2.05) is 22.6 Å². The van der Waals surface area contributed by atoms with Crippen molar-refractivity contribution in [3.63, 3.8) is 0 Å². The molecular weight excluding hydrogens is 491 g/mol. The van der Waals surface area contributed by atoms with E-state index in [0.717, 1.165) is 28.3 Å². The minimum atomic E-state index is -3.73. The molecule has 0 aliphatic carbocycles. The summed E-state index contributed by atoms with van der Waals surface area (Å²) in [6.07, 6.45) is 2.55. The smallest absolute Gasteiger partial charge is 0.291 e. The van der Waals surface area contributed by atoms with Gasteiger partial charge in [-0.15, -0.1) is 10.2 Å². The van der Waals surface area contributed by atoms with E-state index >= 15 is 0 Å². The second kappa shape index (κ2) is 9.34. The number of piperazine rings is 1. The molecule has 12 heteroatoms. The van der Waals surface area contributed by atoms with Crippen molar-refractivity contribution in [1.82, 2.24) is 15.1 Å². The van der Waals surface area contributed by atoms with Gasteiger partial charge in [0.15, 0.2) is 6.21 Å². The quantitative estimate of drug-likeness (QED) is 0.507. The summed E-state index contributed by atoms with van der Waals surface area (Å²) in [5, 5.41) is 7.55. The number of rotatable bonds is 6. The Labute approximate surface area is 206 Å². The fourth-order valence-corrected chi connectivity index (χ4v) is 6.12. The van der Waals surface area contributed by atoms with Crippen LogP contribution in [0.15, 0.2) is 52.9 Å². The van der Waals surface area contributed by atoms with Crippen LogP contribution in [0, 0.1) is 5.82 Å². The molecule has 0 bridgehead atoms. The van der Waals surface area contributed by atoms with Crippen molar-refractivity contribution in [1.29, 1.82) is 0 Å². The van der Waals surface area contributed by atoms with Crippen LogP contribution >= 0.6 is 11.3 Å². The lowest BCUT2D eigenvalue weighted by Gasteiger charge is -2.36. The first-order valence-electron chi connectivity index (χ1n) is 11.1. The molecule has 2 aliphatic heterocycles. The average molecular weight is 516 g/mol. The third-order valence-corrected chi connectivity index (χ3v) is 8.38. The summed E-state index contributed by atoms with van der Waals surface area (Å²) in [7, 11) is -3.73. The van der Waals surface area contributed by atoms with Crippen LogP contribution in [-0.4, -0.2) is 72.4 Å². The van der Waals surface area contributed by atoms with Gasteiger partial charge in [-0.25, -0.2) is 12.8 Å². The van der Waals surface area contributed by atoms with E-state index in [9.17, 15) is 17.6 Å². The Balaban J connectivity index is 1.19. The lowest BCUT2D eigenvalue weighted by molar-refractivity contribution is -0.460. The first kappa shape index (κ1) is 23.4. The number of halogens is 1. The Morgan fingerprint density at radius 1 is 1.14 bits per heavy atom. The minimum Gasteiger partial charge on any atom is -0.368 e. The van der Waals surface area contributed by atoms with Crippen LogP contribution in [0.4, 0.5) is 20.9 Å². The molecular formula is C23H24FN6O3S2+. The van der Waals surface area contributed by atoms with E-state index in [2.05, 4.69) is 19.8 Å². The number of amides is 1. The zero-order chi connectivity index (χ0) is 24.6. The van der Waals surface area contributed by atoms with Crippen LogP contribution < -0.4 is 9.62 Å². The van der Waals surface area contributed by atoms with Gasteiger partial charge in [0.25, 0.3) is 15.9 Å². The molecule has 5 rings (SSSR count). The topological polar surface area (TPSA) is 98.5 Å². The number of anilines is 2. The highest BCUT2D eigenvalue weighted by atomic mass is 32.2. The van der Waals surface area contributed by atoms with E-state index in [0.29, 0.717) is 32.6 Å². The van der Waals surface area contributed by atoms with Crippen molar-refractivity contribution < 1.29 is 22.2 Å². The molecule has 1 atom stereocenters. The highest BCUT2D eigenvalue weighted by molar-refractivity contribution is 7.93. The van der Waals surface area contributed by atoms with Gasteiger partial charge >= 0.3 is 0 Å². The number of nitrogens with one attached hydrogen (secondary N) is 1. The Kier molecular flexibility index (Phi) is 6.24. The second-order valence-electron chi connectivity index (χ2n) is 8.40. The number of benzene rings is 2. The molecule has 35 heavy (non-hydrogen) atoms. The molecule has 9 nitrogen and oxygen atoms in total. The van der Waals surface area contributed by atoms with Crippen LogP contribution in [0.5, 0.6) is 0 Å². The van der Waals surface area contributed by atoms with Crippen LogP contribution in [0.2, 0.25) is 0 Å². The van der Waals surface area contributed by atoms with Gasteiger partial charge in [0.2, 0.25) is 16.9 Å². The van der Waals surface area contributed by atoms with Crippen molar-refractivity contribution >= 4 is 50.0 Å². The maximum absolute atomic E-state index is 13.5. The van der Waals surface area contributed by atoms with Gasteiger partial charge in [-0.3, -0.25) is 9.52 Å². The normalized spacial score (nSPS) is 16.6. The average Bonchev–Trinajstić information content (AvgIpc) is 3.52. The summed E-state index contributed by atoms with van der Waals surface area (Å²) in [5.41, 5.74) is 4.11. The van der Waals surface area contributed by atoms with Crippen molar-refractivity contribution in [3.8, 4) is 0 Å². The lowest BCUT2D eigenvalue weighted by atomic mass is 10.1. The molecule has 0 saturated carbocycles. The second-order valence-corrected chi connectivity index (χ2v) is 10.9. The summed E-state index contributed by atoms with van der Waals surface area (Å²) in [5.74, 6) is -0.241. The molecule has 1 fully saturated rings. The minimum absolute atomic E-state index is 0.0299. The summed E-state index contributed by atoms with van der Waals surface area (Å²) in [6.45, 7) is 4.27. The molecule has 1 unspecified atom stereocenters. The van der Waals surface area contributed by atoms with E-state index < -0.39 is 10.0 Å². The molecule has 2 aliphatic rings. The number of carbonyl (C=O) groups excluding carboxylic acids is 1. The summed E-state index contributed by atoms with van der Waals surface area (Å²) in [6, 6.07) is 10.9. The molecule has 1 amide bonds. The first-order chi connectivity index (χ1) is 16.8. The Morgan fingerprint density at radius 2 is 1.89 bits per heavy atom. The molecule has 0 spiro atoms. The fraction of sp³-hybridized carbons (Fsp3) is 0.304. The summed E-state index contributed by atoms with van der Waals surface area (Å²) >= 11 is 1.11. The predicted molar refractivity (Wildman–Crippen MR) is 132 cm³/mol. The molecule has 1 N–H and O–H groups in total. The molecule has 2 aromatic carbocycles. The monoisotopic (exact) mass is 515 g/mol. The lowest BCUT2D eigenvalue weighted by Crippen LogP contribution is -2.52. The molecule has 1 saturated heterocycles. The number of sulfonamides is 1. The molecule has 3 heterocycles. The van der Waals surface area contributed by atoms with Gasteiger partial charge in [-0.2, -0.15) is 4.58 Å². The molecule has 0 radical (unpaired) electrons. The fourth-order valence-electron chi connectivity index (χ4n) is 4.43. The molecule has 182 valence electrons. The number of hydrogen-bond acceptors (Lipinski definition) is 7. The zero-order valence-corrected chi connectivity index (χ0v) is 20.6. The predicted octanol–water partition coefficient (Wildman–Crippen LogP) is 2.49. The molecule has 3 aromatic rings. The van der Waals surface area contributed by atoms with Crippen molar-refractivity contribution in [2.45, 2.75) is 24.3 Å². The number of hydrogen-bond donors (Lipinski definition) is 1. The van der Waals surface area contributed by atoms with Gasteiger partial charge in [-0.1, -0.05) is 11.3 Å². The summed E-state index contributed by atoms with van der Waals surface area (Å²) < 4.78 is 42.9. The number of fused-ring (bicyclic) bond motifs is 1. The Morgan fingerprint density at radius 3 is 2.57 bits per heavy atom. The SMILES string of the molecule is CC(C(=O)N1CCN(c2ccc(S(=O)(=O)Nc3nncs3)cc2)CC1)[N+]1=CCc2cc(F)ccc21. The number of aromatic nitrogens is 2. The third-order valence-electron chi connectivity index (χ3n) is 6.29. The van der Waals surface area contributed by atoms with Crippen molar-refractivity contribution in [3.05, 3.63) is 59.4 Å². The van der Waals surface area contributed by atoms with E-state index in [1.165, 1.54) is 17.6 Å². The molecule has 1 aromatic heterocycles. The number of carbonyl (C=O) groups is 1. The van der Waals surface area contributed by atoms with E-state index in [4.69, 9.17) is 0 Å². The number of nitrogens with zero attached hydrogens (tertiary/aromatic N) is 5. The maximum Gasteiger partial charge on any atom is 0.291 e. The van der Waals surface area contributed by atoms with Crippen LogP contribution in [0.3, 0.4) is 0 Å². The zero-order valence-electron chi connectivity index (χ0n) is 19.0. The highest BCUT2D eigenvalue weighted by Crippen LogP contribution is 2.27. The van der Waals surface area contributed by atoms with E-state index in [1.54, 1.807) is 30.3 Å². The summed E-state index contributed by atoms with van der Waals surface area (Å²) in [4.78, 5) is 17.3. The third kappa shape index (κ3) is 4.76. The van der Waals surface area contributed by atoms with Crippen LogP contribution in [-0.2, 0) is 21.2 Å². The van der Waals surface area contributed by atoms with Crippen LogP contribution in [0.25, 0.3) is 0 Å². The Bertz CT molecular complexity index is 1370. The van der Waals surface area contributed by atoms with Crippen LogP contribution in [0.1, 0.15) is 12.5 Å². The maximum atomic E-state index is 13.5. The standard InChI is InChI=1S/C23H24FN6O3S2/c1-16(30-9-8-17-14-18(24)2-7-21(17)30)22(31)29-12-10-28(11-13-29)19-3-5-20(6-4-19)35(32,33)27-23-26-25-15-34-23/h2-7,9,14-16H,8,10-13H2,1H3,(H,26,27)/q+1. The van der Waals surface area contributed by atoms with Crippen molar-refractivity contribution in [2.24, 2.45) is 0 Å². The van der Waals surface area contributed by atoms with E-state index in [-0.39, 0.29) is 27.8 Å². The van der Waals surface area contributed by atoms with Gasteiger partial charge in [-0.05, 0) is 36.4 Å². The Hall–Kier alpha value is -3.38. The van der Waals surface area contributed by atoms with Crippen molar-refractivity contribution in [2.75, 3.05) is 35.8 Å². The highest BCUT2D eigenvalue weighted by Gasteiger charge is 2.35.